The van der Waals surface area contributed by atoms with Crippen LogP contribution in [0.5, 0.6) is 0 Å². The van der Waals surface area contributed by atoms with Crippen molar-refractivity contribution in [3.8, 4) is 11.4 Å². The Morgan fingerprint density at radius 2 is 1.94 bits per heavy atom. The van der Waals surface area contributed by atoms with Crippen LogP contribution in [0.15, 0.2) is 30.3 Å². The van der Waals surface area contributed by atoms with E-state index in [2.05, 4.69) is 25.3 Å². The molecule has 170 valence electrons. The zero-order valence-electron chi connectivity index (χ0n) is 18.2. The average molecular weight is 463 g/mol. The van der Waals surface area contributed by atoms with Gasteiger partial charge in [0.2, 0.25) is 10.0 Å². The number of aryl methyl sites for hydroxylation is 3. The van der Waals surface area contributed by atoms with Crippen molar-refractivity contribution in [3.05, 3.63) is 53.0 Å². The summed E-state index contributed by atoms with van der Waals surface area (Å²) in [5.74, 6) is -0.221. The molecule has 0 radical (unpaired) electrons. The number of hydrogen-bond donors (Lipinski definition) is 2. The topological polar surface area (TPSA) is 128 Å². The number of nitrogens with zero attached hydrogens (tertiary/aromatic N) is 4. The Labute approximate surface area is 184 Å². The number of carbonyl (C=O) groups is 1. The Morgan fingerprint density at radius 3 is 2.59 bits per heavy atom. The van der Waals surface area contributed by atoms with E-state index in [1.165, 1.54) is 10.7 Å². The van der Waals surface area contributed by atoms with Gasteiger partial charge in [-0.15, -0.1) is 5.10 Å². The minimum Gasteiger partial charge on any atom is -0.441 e. The van der Waals surface area contributed by atoms with Gasteiger partial charge in [-0.3, -0.25) is 10.0 Å². The van der Waals surface area contributed by atoms with E-state index in [1.807, 2.05) is 0 Å². The van der Waals surface area contributed by atoms with Gasteiger partial charge in [0.25, 0.3) is 0 Å². The minimum atomic E-state index is -3.46. The van der Waals surface area contributed by atoms with Crippen LogP contribution in [-0.4, -0.2) is 40.7 Å². The highest BCUT2D eigenvalue weighted by Crippen LogP contribution is 2.27. The molecule has 2 aromatic heterocycles. The van der Waals surface area contributed by atoms with Crippen molar-refractivity contribution in [2.75, 3.05) is 16.3 Å². The lowest BCUT2D eigenvalue weighted by molar-refractivity contribution is 0.119. The summed E-state index contributed by atoms with van der Waals surface area (Å²) in [4.78, 5) is 16.8. The van der Waals surface area contributed by atoms with Gasteiger partial charge in [-0.25, -0.2) is 27.3 Å². The van der Waals surface area contributed by atoms with Crippen molar-refractivity contribution in [3.63, 3.8) is 0 Å². The summed E-state index contributed by atoms with van der Waals surface area (Å²) in [5, 5.41) is 10.5. The summed E-state index contributed by atoms with van der Waals surface area (Å²) in [7, 11) is -1.89. The molecule has 3 aromatic rings. The maximum Gasteiger partial charge on any atom is 0.413 e. The number of hydrogen-bond acceptors (Lipinski definition) is 7. The quantitative estimate of drug-likeness (QED) is 0.575. The van der Waals surface area contributed by atoms with Gasteiger partial charge in [-0.05, 0) is 38.5 Å². The van der Waals surface area contributed by atoms with Gasteiger partial charge >= 0.3 is 6.09 Å². The fourth-order valence-corrected chi connectivity index (χ4v) is 3.62. The molecule has 0 spiro atoms. The lowest BCUT2D eigenvalue weighted by Crippen LogP contribution is -2.19. The highest BCUT2D eigenvalue weighted by Gasteiger charge is 2.21. The van der Waals surface area contributed by atoms with Gasteiger partial charge in [0.05, 0.1) is 23.3 Å². The van der Waals surface area contributed by atoms with E-state index in [1.54, 1.807) is 52.1 Å². The standard InChI is InChI=1S/C20H23FN6O4S/c1-11-7-6-8-14(17(11)21)13(3)31-20(28)23-19-18(24-26-27(19)4)16-10-9-15(12(2)22-16)25-32(5,29)30/h6-10,13,25H,1-5H3,(H,23,28)/t13-/m1/s1. The summed E-state index contributed by atoms with van der Waals surface area (Å²) in [6.07, 6.45) is -0.612. The lowest BCUT2D eigenvalue weighted by Gasteiger charge is -2.16. The number of pyridine rings is 1. The van der Waals surface area contributed by atoms with E-state index in [-0.39, 0.29) is 17.1 Å². The molecular weight excluding hydrogens is 439 g/mol. The number of aromatic nitrogens is 4. The molecule has 2 heterocycles. The molecule has 0 saturated carbocycles. The molecule has 3 rings (SSSR count). The molecule has 2 N–H and O–H groups in total. The first kappa shape index (κ1) is 23.1. The molecule has 1 aromatic carbocycles. The third kappa shape index (κ3) is 5.19. The largest absolute Gasteiger partial charge is 0.441 e. The van der Waals surface area contributed by atoms with Gasteiger partial charge in [-0.1, -0.05) is 23.4 Å². The Kier molecular flexibility index (Phi) is 6.44. The Balaban J connectivity index is 1.81. The second-order valence-corrected chi connectivity index (χ2v) is 9.01. The zero-order valence-corrected chi connectivity index (χ0v) is 19.0. The maximum atomic E-state index is 14.3. The molecule has 32 heavy (non-hydrogen) atoms. The fraction of sp³-hybridized carbons (Fsp3) is 0.300. The third-order valence-corrected chi connectivity index (χ3v) is 5.21. The number of carbonyl (C=O) groups excluding carboxylic acids is 1. The molecule has 0 aliphatic carbocycles. The second-order valence-electron chi connectivity index (χ2n) is 7.26. The van der Waals surface area contributed by atoms with Crippen LogP contribution in [0.1, 0.15) is 29.8 Å². The average Bonchev–Trinajstić information content (AvgIpc) is 3.04. The third-order valence-electron chi connectivity index (χ3n) is 4.61. The van der Waals surface area contributed by atoms with Crippen LogP contribution in [0.2, 0.25) is 0 Å². The van der Waals surface area contributed by atoms with Crippen molar-refractivity contribution in [2.45, 2.75) is 26.9 Å². The van der Waals surface area contributed by atoms with Gasteiger partial charge in [-0.2, -0.15) is 0 Å². The van der Waals surface area contributed by atoms with Crippen LogP contribution >= 0.6 is 0 Å². The summed E-state index contributed by atoms with van der Waals surface area (Å²) >= 11 is 0. The molecule has 0 saturated heterocycles. The second kappa shape index (κ2) is 8.91. The van der Waals surface area contributed by atoms with E-state index < -0.39 is 28.0 Å². The van der Waals surface area contributed by atoms with E-state index in [4.69, 9.17) is 4.74 Å². The lowest BCUT2D eigenvalue weighted by atomic mass is 10.1. The van der Waals surface area contributed by atoms with Crippen LogP contribution in [0.3, 0.4) is 0 Å². The van der Waals surface area contributed by atoms with Crippen LogP contribution in [0.25, 0.3) is 11.4 Å². The maximum absolute atomic E-state index is 14.3. The number of nitrogens with one attached hydrogen (secondary N) is 2. The van der Waals surface area contributed by atoms with Gasteiger partial charge in [0.15, 0.2) is 11.5 Å². The number of halogens is 1. The van der Waals surface area contributed by atoms with Gasteiger partial charge in [0, 0.05) is 12.6 Å². The fourth-order valence-electron chi connectivity index (χ4n) is 3.00. The Bertz CT molecular complexity index is 1280. The van der Waals surface area contributed by atoms with Crippen molar-refractivity contribution < 1.29 is 22.3 Å². The summed E-state index contributed by atoms with van der Waals surface area (Å²) in [5.41, 5.74) is 2.07. The molecule has 12 heteroatoms. The van der Waals surface area contributed by atoms with Crippen LogP contribution in [0, 0.1) is 19.7 Å². The smallest absolute Gasteiger partial charge is 0.413 e. The SMILES string of the molecule is Cc1cccc([C@@H](C)OC(=O)Nc2c(-c3ccc(NS(C)(=O)=O)c(C)n3)nnn2C)c1F. The summed E-state index contributed by atoms with van der Waals surface area (Å²) in [6, 6.07) is 7.95. The van der Waals surface area contributed by atoms with E-state index in [9.17, 15) is 17.6 Å². The number of anilines is 2. The first-order valence-corrected chi connectivity index (χ1v) is 11.4. The highest BCUT2D eigenvalue weighted by atomic mass is 32.2. The number of rotatable bonds is 6. The van der Waals surface area contributed by atoms with E-state index >= 15 is 0 Å². The summed E-state index contributed by atoms with van der Waals surface area (Å²) in [6.45, 7) is 4.83. The molecule has 0 aliphatic rings. The van der Waals surface area contributed by atoms with E-state index in [0.717, 1.165) is 6.26 Å². The van der Waals surface area contributed by atoms with E-state index in [0.29, 0.717) is 22.6 Å². The first-order chi connectivity index (χ1) is 15.0. The van der Waals surface area contributed by atoms with Crippen molar-refractivity contribution >= 4 is 27.6 Å². The molecule has 0 unspecified atom stereocenters. The number of benzene rings is 1. The molecule has 1 atom stereocenters. The van der Waals surface area contributed by atoms with Crippen LogP contribution in [-0.2, 0) is 21.8 Å². The van der Waals surface area contributed by atoms with Crippen LogP contribution < -0.4 is 10.0 Å². The molecular formula is C20H23FN6O4S. The van der Waals surface area contributed by atoms with Gasteiger partial charge < -0.3 is 4.74 Å². The zero-order chi connectivity index (χ0) is 23.6. The van der Waals surface area contributed by atoms with Crippen LogP contribution in [0.4, 0.5) is 20.7 Å². The van der Waals surface area contributed by atoms with Crippen molar-refractivity contribution in [1.29, 1.82) is 0 Å². The highest BCUT2D eigenvalue weighted by molar-refractivity contribution is 7.92. The molecule has 0 aliphatic heterocycles. The predicted octanol–water partition coefficient (Wildman–Crippen LogP) is 3.31. The Morgan fingerprint density at radius 1 is 1.22 bits per heavy atom. The minimum absolute atomic E-state index is 0.211. The Hall–Kier alpha value is -3.54. The number of amides is 1. The number of sulfonamides is 1. The van der Waals surface area contributed by atoms with Gasteiger partial charge in [0.1, 0.15) is 11.9 Å². The first-order valence-electron chi connectivity index (χ1n) is 9.54. The molecule has 10 nitrogen and oxygen atoms in total. The number of ether oxygens (including phenoxy) is 1. The molecule has 0 bridgehead atoms. The van der Waals surface area contributed by atoms with Crippen molar-refractivity contribution in [2.24, 2.45) is 7.05 Å². The predicted molar refractivity (Wildman–Crippen MR) is 117 cm³/mol. The molecule has 1 amide bonds. The monoisotopic (exact) mass is 462 g/mol. The molecule has 0 fully saturated rings. The van der Waals surface area contributed by atoms with Crippen molar-refractivity contribution in [1.82, 2.24) is 20.0 Å². The summed E-state index contributed by atoms with van der Waals surface area (Å²) < 4.78 is 46.3. The normalized spacial score (nSPS) is 12.3.